The van der Waals surface area contributed by atoms with E-state index in [4.69, 9.17) is 21.1 Å². The lowest BCUT2D eigenvalue weighted by molar-refractivity contribution is 0.0656. The maximum absolute atomic E-state index is 13.5. The molecule has 2 rings (SSSR count). The van der Waals surface area contributed by atoms with Crippen LogP contribution in [0.3, 0.4) is 0 Å². The van der Waals surface area contributed by atoms with Crippen LogP contribution in [-0.4, -0.2) is 11.1 Å². The summed E-state index contributed by atoms with van der Waals surface area (Å²) in [6, 6.07) is 7.34. The van der Waals surface area contributed by atoms with E-state index in [2.05, 4.69) is 0 Å². The fourth-order valence-electron chi connectivity index (χ4n) is 1.33. The van der Waals surface area contributed by atoms with Crippen LogP contribution in [0.15, 0.2) is 39.8 Å². The number of carboxylic acids is 1. The molecule has 0 unspecified atom stereocenters. The highest BCUT2D eigenvalue weighted by molar-refractivity contribution is 7.98. The number of hydrogen-bond donors (Lipinski definition) is 1. The molecule has 0 aliphatic rings. The molecule has 2 aromatic rings. The van der Waals surface area contributed by atoms with E-state index in [0.29, 0.717) is 15.7 Å². The number of carboxylic acid groups (broad SMARTS) is 1. The standard InChI is InChI=1S/C12H8ClFO3S/c13-8-2-1-3-9(14)7(8)6-18-11-5-4-10(17-11)12(15)16/h1-5H,6H2,(H,15,16). The second-order valence-electron chi connectivity index (χ2n) is 3.41. The third kappa shape index (κ3) is 2.86. The van der Waals surface area contributed by atoms with Gasteiger partial charge >= 0.3 is 5.97 Å². The summed E-state index contributed by atoms with van der Waals surface area (Å²) in [6.45, 7) is 0. The van der Waals surface area contributed by atoms with Gasteiger partial charge in [-0.15, -0.1) is 0 Å². The first-order valence-electron chi connectivity index (χ1n) is 4.96. The van der Waals surface area contributed by atoms with Crippen LogP contribution in [0.1, 0.15) is 16.1 Å². The summed E-state index contributed by atoms with van der Waals surface area (Å²) >= 11 is 7.06. The van der Waals surface area contributed by atoms with Crippen molar-refractivity contribution >= 4 is 29.3 Å². The molecule has 3 nitrogen and oxygen atoms in total. The molecule has 1 N–H and O–H groups in total. The number of hydrogen-bond acceptors (Lipinski definition) is 3. The summed E-state index contributed by atoms with van der Waals surface area (Å²) < 4.78 is 18.5. The molecule has 18 heavy (non-hydrogen) atoms. The monoisotopic (exact) mass is 286 g/mol. The quantitative estimate of drug-likeness (QED) is 0.861. The zero-order valence-electron chi connectivity index (χ0n) is 9.02. The van der Waals surface area contributed by atoms with Crippen molar-refractivity contribution in [3.05, 3.63) is 52.5 Å². The van der Waals surface area contributed by atoms with Crippen molar-refractivity contribution in [2.75, 3.05) is 0 Å². The van der Waals surface area contributed by atoms with Crippen molar-refractivity contribution in [2.24, 2.45) is 0 Å². The Balaban J connectivity index is 2.09. The summed E-state index contributed by atoms with van der Waals surface area (Å²) in [6.07, 6.45) is 0. The van der Waals surface area contributed by atoms with Gasteiger partial charge < -0.3 is 9.52 Å². The van der Waals surface area contributed by atoms with Crippen LogP contribution in [0, 0.1) is 5.82 Å². The Morgan fingerprint density at radius 1 is 1.39 bits per heavy atom. The molecule has 0 saturated carbocycles. The molecular weight excluding hydrogens is 279 g/mol. The molecule has 0 radical (unpaired) electrons. The van der Waals surface area contributed by atoms with Crippen molar-refractivity contribution in [2.45, 2.75) is 10.8 Å². The van der Waals surface area contributed by atoms with Crippen molar-refractivity contribution in [3.63, 3.8) is 0 Å². The Kier molecular flexibility index (Phi) is 3.93. The summed E-state index contributed by atoms with van der Waals surface area (Å²) in [5, 5.41) is 9.44. The maximum Gasteiger partial charge on any atom is 0.371 e. The second-order valence-corrected chi connectivity index (χ2v) is 4.80. The van der Waals surface area contributed by atoms with Gasteiger partial charge in [0, 0.05) is 16.3 Å². The van der Waals surface area contributed by atoms with Crippen LogP contribution < -0.4 is 0 Å². The number of furan rings is 1. The zero-order chi connectivity index (χ0) is 13.1. The highest BCUT2D eigenvalue weighted by Gasteiger charge is 2.11. The Labute approximate surface area is 112 Å². The van der Waals surface area contributed by atoms with E-state index >= 15 is 0 Å². The minimum atomic E-state index is -1.13. The van der Waals surface area contributed by atoms with Gasteiger partial charge in [0.15, 0.2) is 5.09 Å². The van der Waals surface area contributed by atoms with Crippen LogP contribution in [0.4, 0.5) is 4.39 Å². The van der Waals surface area contributed by atoms with Gasteiger partial charge in [-0.3, -0.25) is 0 Å². The lowest BCUT2D eigenvalue weighted by Gasteiger charge is -2.03. The number of benzene rings is 1. The molecule has 94 valence electrons. The van der Waals surface area contributed by atoms with Crippen LogP contribution in [-0.2, 0) is 5.75 Å². The molecular formula is C12H8ClFO3S. The number of rotatable bonds is 4. The van der Waals surface area contributed by atoms with E-state index in [0.717, 1.165) is 0 Å². The average Bonchev–Trinajstić information content (AvgIpc) is 2.77. The van der Waals surface area contributed by atoms with Crippen LogP contribution in [0.25, 0.3) is 0 Å². The molecule has 1 aromatic heterocycles. The largest absolute Gasteiger partial charge is 0.475 e. The highest BCUT2D eigenvalue weighted by Crippen LogP contribution is 2.29. The molecule has 0 aliphatic heterocycles. The van der Waals surface area contributed by atoms with Gasteiger partial charge in [-0.25, -0.2) is 9.18 Å². The molecule has 6 heteroatoms. The number of halogens is 2. The molecule has 0 fully saturated rings. The average molecular weight is 287 g/mol. The van der Waals surface area contributed by atoms with E-state index in [-0.39, 0.29) is 17.3 Å². The lowest BCUT2D eigenvalue weighted by atomic mass is 10.2. The van der Waals surface area contributed by atoms with Gasteiger partial charge in [0.2, 0.25) is 5.76 Å². The van der Waals surface area contributed by atoms with Gasteiger partial charge in [0.05, 0.1) is 0 Å². The van der Waals surface area contributed by atoms with Crippen LogP contribution in [0.2, 0.25) is 5.02 Å². The maximum atomic E-state index is 13.5. The predicted octanol–water partition coefficient (Wildman–Crippen LogP) is 4.06. The molecule has 0 bridgehead atoms. The summed E-state index contributed by atoms with van der Waals surface area (Å²) in [5.41, 5.74) is 0.373. The molecule has 1 heterocycles. The first-order chi connectivity index (χ1) is 8.58. The molecule has 1 aromatic carbocycles. The first kappa shape index (κ1) is 13.0. The fraction of sp³-hybridized carbons (Fsp3) is 0.0833. The first-order valence-corrected chi connectivity index (χ1v) is 6.33. The minimum Gasteiger partial charge on any atom is -0.475 e. The third-order valence-corrected chi connectivity index (χ3v) is 3.50. The third-order valence-electron chi connectivity index (χ3n) is 2.21. The second kappa shape index (κ2) is 5.46. The van der Waals surface area contributed by atoms with E-state index in [1.54, 1.807) is 6.07 Å². The fourth-order valence-corrected chi connectivity index (χ4v) is 2.53. The zero-order valence-corrected chi connectivity index (χ0v) is 10.6. The van der Waals surface area contributed by atoms with Crippen molar-refractivity contribution < 1.29 is 18.7 Å². The normalized spacial score (nSPS) is 10.6. The van der Waals surface area contributed by atoms with Crippen LogP contribution >= 0.6 is 23.4 Å². The van der Waals surface area contributed by atoms with Crippen molar-refractivity contribution in [1.82, 2.24) is 0 Å². The Hall–Kier alpha value is -1.46. The highest BCUT2D eigenvalue weighted by atomic mass is 35.5. The van der Waals surface area contributed by atoms with Gasteiger partial charge in [0.1, 0.15) is 5.82 Å². The van der Waals surface area contributed by atoms with Crippen molar-refractivity contribution in [3.8, 4) is 0 Å². The van der Waals surface area contributed by atoms with E-state index in [9.17, 15) is 9.18 Å². The summed E-state index contributed by atoms with van der Waals surface area (Å²) in [4.78, 5) is 10.6. The topological polar surface area (TPSA) is 50.4 Å². The smallest absolute Gasteiger partial charge is 0.371 e. The van der Waals surface area contributed by atoms with Crippen LogP contribution in [0.5, 0.6) is 0 Å². The molecule has 0 saturated heterocycles. The van der Waals surface area contributed by atoms with Gasteiger partial charge in [0.25, 0.3) is 0 Å². The lowest BCUT2D eigenvalue weighted by Crippen LogP contribution is -1.91. The minimum absolute atomic E-state index is 0.142. The number of thioether (sulfide) groups is 1. The van der Waals surface area contributed by atoms with E-state index in [1.165, 1.54) is 36.0 Å². The van der Waals surface area contributed by atoms with Gasteiger partial charge in [-0.2, -0.15) is 0 Å². The summed E-state index contributed by atoms with van der Waals surface area (Å²) in [7, 11) is 0. The molecule has 0 atom stereocenters. The molecule has 0 spiro atoms. The van der Waals surface area contributed by atoms with E-state index in [1.807, 2.05) is 0 Å². The molecule has 0 aliphatic carbocycles. The van der Waals surface area contributed by atoms with Gasteiger partial charge in [-0.1, -0.05) is 29.4 Å². The number of aromatic carboxylic acids is 1. The number of carbonyl (C=O) groups is 1. The molecule has 0 amide bonds. The van der Waals surface area contributed by atoms with Crippen molar-refractivity contribution in [1.29, 1.82) is 0 Å². The SMILES string of the molecule is O=C(O)c1ccc(SCc2c(F)cccc2Cl)o1. The Bertz CT molecular complexity index is 562. The predicted molar refractivity (Wildman–Crippen MR) is 66.6 cm³/mol. The van der Waals surface area contributed by atoms with Gasteiger partial charge in [-0.05, 0) is 24.3 Å². The Morgan fingerprint density at radius 2 is 2.17 bits per heavy atom. The summed E-state index contributed by atoms with van der Waals surface area (Å²) in [5.74, 6) is -1.39. The Morgan fingerprint density at radius 3 is 2.78 bits per heavy atom. The van der Waals surface area contributed by atoms with E-state index < -0.39 is 5.97 Å².